The van der Waals surface area contributed by atoms with E-state index in [1.807, 2.05) is 29.2 Å². The lowest BCUT2D eigenvalue weighted by molar-refractivity contribution is -0.125. The predicted molar refractivity (Wildman–Crippen MR) is 177 cm³/mol. The second kappa shape index (κ2) is 12.7. The van der Waals surface area contributed by atoms with Gasteiger partial charge in [-0.25, -0.2) is 8.78 Å². The lowest BCUT2D eigenvalue weighted by atomic mass is 9.95. The van der Waals surface area contributed by atoms with E-state index in [1.165, 1.54) is 6.08 Å². The molecule has 12 heteroatoms. The van der Waals surface area contributed by atoms with Gasteiger partial charge in [0.2, 0.25) is 5.91 Å². The van der Waals surface area contributed by atoms with Gasteiger partial charge in [-0.05, 0) is 43.3 Å². The summed E-state index contributed by atoms with van der Waals surface area (Å²) in [6.45, 7) is 6.12. The molecule has 3 aliphatic rings. The maximum atomic E-state index is 16.8. The largest absolute Gasteiger partial charge is 0.461 e. The first-order valence-electron chi connectivity index (χ1n) is 15.9. The van der Waals surface area contributed by atoms with Gasteiger partial charge in [0.15, 0.2) is 5.82 Å². The Balaban J connectivity index is 1.36. The van der Waals surface area contributed by atoms with Gasteiger partial charge in [-0.2, -0.15) is 15.2 Å². The summed E-state index contributed by atoms with van der Waals surface area (Å²) < 4.78 is 37.6. The third kappa shape index (κ3) is 5.63. The van der Waals surface area contributed by atoms with Gasteiger partial charge in [0.1, 0.15) is 29.8 Å². The number of nitrogens with zero attached hydrogens (tertiary/aromatic N) is 7. The zero-order chi connectivity index (χ0) is 32.7. The Bertz CT molecular complexity index is 1910. The number of halogens is 3. The minimum atomic E-state index is -0.935. The number of carbonyl (C=O) groups excluding carboxylic acids is 1. The number of fused-ring (bicyclic) bond motifs is 3. The number of carbonyl (C=O) groups is 1. The standard InChI is InChI=1S/C35H34ClF2N7O2/c1-2-28(46)43-16-11-24(20-43)45(15-6-13-39)33-26-18-40-31(25-9-3-7-22-8-4-10-27(36)29(22)25)30(38)32(26)41-34(42-33)47-21-35-12-5-14-44(35)19-23(37)17-35/h2-4,7-10,18,23-24H,1,5-6,11-12,14-17,19-21H2/t23-,24-,35+/m1/s1. The highest BCUT2D eigenvalue weighted by atomic mass is 35.5. The van der Waals surface area contributed by atoms with Crippen molar-refractivity contribution in [3.63, 3.8) is 0 Å². The van der Waals surface area contributed by atoms with Crippen molar-refractivity contribution in [3.8, 4) is 23.3 Å². The molecule has 242 valence electrons. The zero-order valence-electron chi connectivity index (χ0n) is 25.8. The van der Waals surface area contributed by atoms with Gasteiger partial charge in [-0.3, -0.25) is 14.7 Å². The fraction of sp³-hybridized carbons (Fsp3) is 0.400. The lowest BCUT2D eigenvalue weighted by Gasteiger charge is -2.32. The van der Waals surface area contributed by atoms with E-state index in [-0.39, 0.29) is 48.7 Å². The van der Waals surface area contributed by atoms with Crippen molar-refractivity contribution >= 4 is 45.0 Å². The van der Waals surface area contributed by atoms with Gasteiger partial charge in [-0.15, -0.1) is 0 Å². The summed E-state index contributed by atoms with van der Waals surface area (Å²) in [5.41, 5.74) is 0.146. The molecule has 9 nitrogen and oxygen atoms in total. The number of anilines is 1. The number of nitriles is 1. The number of likely N-dealkylation sites (tertiary alicyclic amines) is 1. The van der Waals surface area contributed by atoms with Crippen molar-refractivity contribution < 1.29 is 18.3 Å². The molecule has 0 radical (unpaired) electrons. The number of hydrogen-bond acceptors (Lipinski definition) is 8. The maximum absolute atomic E-state index is 16.8. The number of alkyl halides is 1. The van der Waals surface area contributed by atoms with Crippen molar-refractivity contribution in [1.29, 1.82) is 5.26 Å². The van der Waals surface area contributed by atoms with E-state index >= 15 is 4.39 Å². The molecule has 7 rings (SSSR count). The minimum Gasteiger partial charge on any atom is -0.461 e. The zero-order valence-corrected chi connectivity index (χ0v) is 26.6. The van der Waals surface area contributed by atoms with Crippen molar-refractivity contribution in [2.24, 2.45) is 0 Å². The molecule has 2 aromatic carbocycles. The quantitative estimate of drug-likeness (QED) is 0.199. The lowest BCUT2D eigenvalue weighted by Crippen LogP contribution is -2.43. The van der Waals surface area contributed by atoms with E-state index in [0.717, 1.165) is 24.8 Å². The molecule has 0 aliphatic carbocycles. The van der Waals surface area contributed by atoms with Crippen LogP contribution in [-0.4, -0.2) is 87.7 Å². The summed E-state index contributed by atoms with van der Waals surface area (Å²) in [4.78, 5) is 32.2. The monoisotopic (exact) mass is 657 g/mol. The Morgan fingerprint density at radius 1 is 1.23 bits per heavy atom. The molecule has 0 N–H and O–H groups in total. The molecule has 3 saturated heterocycles. The number of amides is 1. The molecular formula is C35H34ClF2N7O2. The highest BCUT2D eigenvalue weighted by molar-refractivity contribution is 6.36. The van der Waals surface area contributed by atoms with Gasteiger partial charge in [0.05, 0.1) is 23.4 Å². The predicted octanol–water partition coefficient (Wildman–Crippen LogP) is 6.10. The van der Waals surface area contributed by atoms with E-state index in [4.69, 9.17) is 21.3 Å². The first kappa shape index (κ1) is 31.2. The number of ether oxygens (including phenoxy) is 1. The SMILES string of the molecule is C=CC(=O)N1CC[C@@H](N(CCC#N)c2nc(OC[C@@]34CCCN3C[C@H](F)C4)nc3c(F)c(-c4cccc5cccc(Cl)c45)ncc23)C1. The van der Waals surface area contributed by atoms with E-state index in [9.17, 15) is 14.4 Å². The summed E-state index contributed by atoms with van der Waals surface area (Å²) >= 11 is 6.60. The van der Waals surface area contributed by atoms with Crippen LogP contribution >= 0.6 is 11.6 Å². The highest BCUT2D eigenvalue weighted by Gasteiger charge is 2.49. The highest BCUT2D eigenvalue weighted by Crippen LogP contribution is 2.41. The molecule has 4 aromatic rings. The van der Waals surface area contributed by atoms with E-state index in [2.05, 4.69) is 27.5 Å². The third-order valence-corrected chi connectivity index (χ3v) is 10.1. The first-order chi connectivity index (χ1) is 22.8. The number of rotatable bonds is 9. The van der Waals surface area contributed by atoms with Crippen LogP contribution in [0.2, 0.25) is 5.02 Å². The molecule has 2 aromatic heterocycles. The van der Waals surface area contributed by atoms with Crippen molar-refractivity contribution in [2.45, 2.75) is 49.9 Å². The van der Waals surface area contributed by atoms with Crippen LogP contribution in [0.5, 0.6) is 6.01 Å². The molecule has 1 amide bonds. The van der Waals surface area contributed by atoms with Crippen LogP contribution in [0, 0.1) is 17.1 Å². The van der Waals surface area contributed by atoms with Gasteiger partial charge < -0.3 is 14.5 Å². The summed E-state index contributed by atoms with van der Waals surface area (Å²) in [7, 11) is 0. The maximum Gasteiger partial charge on any atom is 0.319 e. The fourth-order valence-electron chi connectivity index (χ4n) is 7.59. The van der Waals surface area contributed by atoms with Crippen LogP contribution in [0.25, 0.3) is 32.9 Å². The average Bonchev–Trinajstić information content (AvgIpc) is 3.79. The van der Waals surface area contributed by atoms with Crippen LogP contribution in [0.4, 0.5) is 14.6 Å². The van der Waals surface area contributed by atoms with Crippen LogP contribution < -0.4 is 9.64 Å². The number of benzene rings is 2. The van der Waals surface area contributed by atoms with Crippen molar-refractivity contribution in [2.75, 3.05) is 44.2 Å². The average molecular weight is 658 g/mol. The van der Waals surface area contributed by atoms with Gasteiger partial charge in [0, 0.05) is 60.8 Å². The molecular weight excluding hydrogens is 624 g/mol. The fourth-order valence-corrected chi connectivity index (χ4v) is 7.87. The summed E-state index contributed by atoms with van der Waals surface area (Å²) in [5, 5.41) is 11.9. The molecule has 0 spiro atoms. The summed E-state index contributed by atoms with van der Waals surface area (Å²) in [5.74, 6) is -0.481. The summed E-state index contributed by atoms with van der Waals surface area (Å²) in [6, 6.07) is 13.0. The van der Waals surface area contributed by atoms with Crippen molar-refractivity contribution in [3.05, 3.63) is 66.1 Å². The smallest absolute Gasteiger partial charge is 0.319 e. The molecule has 5 heterocycles. The van der Waals surface area contributed by atoms with Crippen LogP contribution in [-0.2, 0) is 4.79 Å². The number of aromatic nitrogens is 3. The molecule has 47 heavy (non-hydrogen) atoms. The van der Waals surface area contributed by atoms with Crippen LogP contribution in [0.15, 0.2) is 55.3 Å². The molecule has 0 unspecified atom stereocenters. The van der Waals surface area contributed by atoms with E-state index < -0.39 is 17.5 Å². The second-order valence-corrected chi connectivity index (χ2v) is 13.0. The Morgan fingerprint density at radius 2 is 2.06 bits per heavy atom. The molecule has 0 bridgehead atoms. The normalized spacial score (nSPS) is 22.5. The molecule has 3 fully saturated rings. The molecule has 3 atom stereocenters. The topological polar surface area (TPSA) is 98.5 Å². The second-order valence-electron chi connectivity index (χ2n) is 12.6. The van der Waals surface area contributed by atoms with E-state index in [0.29, 0.717) is 59.7 Å². The summed E-state index contributed by atoms with van der Waals surface area (Å²) in [6.07, 6.45) is 4.79. The van der Waals surface area contributed by atoms with Gasteiger partial charge in [-0.1, -0.05) is 48.5 Å². The number of pyridine rings is 1. The van der Waals surface area contributed by atoms with Gasteiger partial charge >= 0.3 is 6.01 Å². The molecule has 0 saturated carbocycles. The van der Waals surface area contributed by atoms with Crippen LogP contribution in [0.1, 0.15) is 32.1 Å². The van der Waals surface area contributed by atoms with Gasteiger partial charge in [0.25, 0.3) is 0 Å². The third-order valence-electron chi connectivity index (χ3n) is 9.81. The van der Waals surface area contributed by atoms with Crippen LogP contribution in [0.3, 0.4) is 0 Å². The Morgan fingerprint density at radius 3 is 2.87 bits per heavy atom. The Hall–Kier alpha value is -4.40. The minimum absolute atomic E-state index is 0.00797. The van der Waals surface area contributed by atoms with Crippen molar-refractivity contribution in [1.82, 2.24) is 24.8 Å². The molecule has 3 aliphatic heterocycles. The Labute approximate surface area is 276 Å². The first-order valence-corrected chi connectivity index (χ1v) is 16.3. The Kier molecular flexibility index (Phi) is 8.41. The number of hydrogen-bond donors (Lipinski definition) is 0. The van der Waals surface area contributed by atoms with E-state index in [1.54, 1.807) is 23.2 Å².